The molecule has 6 heteroatoms. The Morgan fingerprint density at radius 2 is 2.42 bits per heavy atom. The Labute approximate surface area is 69.3 Å². The summed E-state index contributed by atoms with van der Waals surface area (Å²) >= 11 is 0. The van der Waals surface area contributed by atoms with E-state index in [2.05, 4.69) is 5.32 Å². The number of amides is 2. The van der Waals surface area contributed by atoms with Gasteiger partial charge in [0.1, 0.15) is 12.3 Å². The zero-order valence-corrected chi connectivity index (χ0v) is 6.43. The summed E-state index contributed by atoms with van der Waals surface area (Å²) in [5.74, 6) is 0. The van der Waals surface area contributed by atoms with Gasteiger partial charge in [-0.15, -0.1) is 0 Å². The Morgan fingerprint density at radius 3 is 2.83 bits per heavy atom. The van der Waals surface area contributed by atoms with Gasteiger partial charge in [-0.1, -0.05) is 0 Å². The van der Waals surface area contributed by atoms with E-state index in [0.717, 1.165) is 0 Å². The van der Waals surface area contributed by atoms with Crippen molar-refractivity contribution in [3.63, 3.8) is 0 Å². The van der Waals surface area contributed by atoms with Gasteiger partial charge in [-0.3, -0.25) is 0 Å². The third-order valence-electron chi connectivity index (χ3n) is 1.71. The molecular formula is C6H12N2O4. The lowest BCUT2D eigenvalue weighted by Gasteiger charge is -2.11. The number of aliphatic hydroxyl groups is 2. The van der Waals surface area contributed by atoms with Crippen molar-refractivity contribution in [2.75, 3.05) is 6.61 Å². The summed E-state index contributed by atoms with van der Waals surface area (Å²) in [6.07, 6.45) is -1.70. The predicted octanol–water partition coefficient (Wildman–Crippen LogP) is -1.88. The second kappa shape index (κ2) is 3.70. The molecule has 1 aliphatic heterocycles. The van der Waals surface area contributed by atoms with Crippen LogP contribution >= 0.6 is 0 Å². The number of nitrogens with two attached hydrogens (primary N) is 1. The van der Waals surface area contributed by atoms with Gasteiger partial charge in [0.15, 0.2) is 0 Å². The second-order valence-electron chi connectivity index (χ2n) is 2.66. The van der Waals surface area contributed by atoms with Gasteiger partial charge in [0, 0.05) is 6.42 Å². The van der Waals surface area contributed by atoms with Gasteiger partial charge in [-0.05, 0) is 0 Å². The van der Waals surface area contributed by atoms with Crippen LogP contribution in [0.2, 0.25) is 0 Å². The molecule has 0 aromatic rings. The molecule has 70 valence electrons. The number of aliphatic hydroxyl groups excluding tert-OH is 2. The molecule has 1 aliphatic rings. The van der Waals surface area contributed by atoms with E-state index in [9.17, 15) is 9.90 Å². The van der Waals surface area contributed by atoms with Crippen molar-refractivity contribution in [3.05, 3.63) is 0 Å². The first kappa shape index (κ1) is 9.24. The molecule has 1 fully saturated rings. The number of hydrogen-bond acceptors (Lipinski definition) is 4. The minimum atomic E-state index is -0.744. The number of carbonyl (C=O) groups is 1. The number of ether oxygens (including phenoxy) is 1. The van der Waals surface area contributed by atoms with E-state index in [-0.39, 0.29) is 13.0 Å². The summed E-state index contributed by atoms with van der Waals surface area (Å²) in [7, 11) is 0. The lowest BCUT2D eigenvalue weighted by molar-refractivity contribution is -0.0270. The van der Waals surface area contributed by atoms with Crippen LogP contribution in [0, 0.1) is 0 Å². The van der Waals surface area contributed by atoms with E-state index >= 15 is 0 Å². The highest BCUT2D eigenvalue weighted by atomic mass is 16.5. The van der Waals surface area contributed by atoms with E-state index in [4.69, 9.17) is 15.6 Å². The SMILES string of the molecule is NC(=O)N[C@H]1CC(O)[C@@H](CO)O1. The molecule has 1 rings (SSSR count). The quantitative estimate of drug-likeness (QED) is 0.395. The number of nitrogens with one attached hydrogen (secondary N) is 1. The van der Waals surface area contributed by atoms with Crippen LogP contribution in [0.1, 0.15) is 6.42 Å². The molecule has 1 heterocycles. The maximum atomic E-state index is 10.3. The monoisotopic (exact) mass is 176 g/mol. The number of hydrogen-bond donors (Lipinski definition) is 4. The molecule has 2 amide bonds. The third-order valence-corrected chi connectivity index (χ3v) is 1.71. The molecule has 0 bridgehead atoms. The summed E-state index contributed by atoms with van der Waals surface area (Å²) in [4.78, 5) is 10.3. The standard InChI is InChI=1S/C6H12N2O4/c7-6(11)8-5-1-3(10)4(2-9)12-5/h3-5,9-10H,1-2H2,(H3,7,8,11)/t3?,4-,5-/m1/s1. The van der Waals surface area contributed by atoms with Crippen molar-refractivity contribution in [1.29, 1.82) is 0 Å². The van der Waals surface area contributed by atoms with Crippen LogP contribution in [0.15, 0.2) is 0 Å². The zero-order chi connectivity index (χ0) is 9.14. The normalized spacial score (nSPS) is 35.0. The lowest BCUT2D eigenvalue weighted by atomic mass is 10.2. The molecule has 0 aliphatic carbocycles. The Morgan fingerprint density at radius 1 is 1.75 bits per heavy atom. The summed E-state index contributed by atoms with van der Waals surface area (Å²) < 4.78 is 5.02. The maximum Gasteiger partial charge on any atom is 0.314 e. The van der Waals surface area contributed by atoms with Crippen LogP contribution in [0.25, 0.3) is 0 Å². The molecule has 3 atom stereocenters. The molecule has 0 aromatic carbocycles. The van der Waals surface area contributed by atoms with Crippen LogP contribution < -0.4 is 11.1 Å². The van der Waals surface area contributed by atoms with Crippen LogP contribution in [0.4, 0.5) is 4.79 Å². The average molecular weight is 176 g/mol. The molecule has 12 heavy (non-hydrogen) atoms. The predicted molar refractivity (Wildman–Crippen MR) is 39.1 cm³/mol. The minimum absolute atomic E-state index is 0.258. The van der Waals surface area contributed by atoms with Crippen molar-refractivity contribution in [2.45, 2.75) is 24.9 Å². The maximum absolute atomic E-state index is 10.3. The van der Waals surface area contributed by atoms with Gasteiger partial charge < -0.3 is 26.0 Å². The zero-order valence-electron chi connectivity index (χ0n) is 6.43. The van der Waals surface area contributed by atoms with Gasteiger partial charge in [0.25, 0.3) is 0 Å². The first-order valence-corrected chi connectivity index (χ1v) is 3.64. The van der Waals surface area contributed by atoms with Gasteiger partial charge in [-0.25, -0.2) is 4.79 Å². The van der Waals surface area contributed by atoms with Crippen molar-refractivity contribution in [3.8, 4) is 0 Å². The molecule has 1 unspecified atom stereocenters. The molecular weight excluding hydrogens is 164 g/mol. The molecule has 1 saturated heterocycles. The smallest absolute Gasteiger partial charge is 0.314 e. The van der Waals surface area contributed by atoms with Gasteiger partial charge in [0.2, 0.25) is 0 Å². The van der Waals surface area contributed by atoms with Crippen LogP contribution in [0.3, 0.4) is 0 Å². The van der Waals surface area contributed by atoms with E-state index in [1.54, 1.807) is 0 Å². The summed E-state index contributed by atoms with van der Waals surface area (Å²) in [6, 6.07) is -0.703. The highest BCUT2D eigenvalue weighted by Gasteiger charge is 2.33. The third kappa shape index (κ3) is 2.07. The van der Waals surface area contributed by atoms with Crippen LogP contribution in [-0.4, -0.2) is 41.3 Å². The topological polar surface area (TPSA) is 105 Å². The van der Waals surface area contributed by atoms with Gasteiger partial charge in [0.05, 0.1) is 12.7 Å². The Bertz CT molecular complexity index is 175. The molecule has 0 saturated carbocycles. The highest BCUT2D eigenvalue weighted by molar-refractivity contribution is 5.71. The molecule has 0 spiro atoms. The molecule has 6 nitrogen and oxygen atoms in total. The van der Waals surface area contributed by atoms with Crippen molar-refractivity contribution >= 4 is 6.03 Å². The fourth-order valence-corrected chi connectivity index (χ4v) is 1.14. The van der Waals surface area contributed by atoms with Crippen molar-refractivity contribution < 1.29 is 19.7 Å². The number of urea groups is 1. The fraction of sp³-hybridized carbons (Fsp3) is 0.833. The van der Waals surface area contributed by atoms with E-state index in [0.29, 0.717) is 0 Å². The Balaban J connectivity index is 2.37. The largest absolute Gasteiger partial charge is 0.394 e. The number of rotatable bonds is 2. The van der Waals surface area contributed by atoms with Crippen molar-refractivity contribution in [2.24, 2.45) is 5.73 Å². The van der Waals surface area contributed by atoms with Crippen LogP contribution in [0.5, 0.6) is 0 Å². The Kier molecular flexibility index (Phi) is 2.85. The van der Waals surface area contributed by atoms with Crippen LogP contribution in [-0.2, 0) is 4.74 Å². The lowest BCUT2D eigenvalue weighted by Crippen LogP contribution is -2.38. The fourth-order valence-electron chi connectivity index (χ4n) is 1.14. The highest BCUT2D eigenvalue weighted by Crippen LogP contribution is 2.17. The summed E-state index contributed by atoms with van der Waals surface area (Å²) in [5, 5.41) is 20.1. The van der Waals surface area contributed by atoms with E-state index < -0.39 is 24.5 Å². The van der Waals surface area contributed by atoms with E-state index in [1.807, 2.05) is 0 Å². The minimum Gasteiger partial charge on any atom is -0.394 e. The Hall–Kier alpha value is -0.850. The van der Waals surface area contributed by atoms with Gasteiger partial charge in [-0.2, -0.15) is 0 Å². The number of carbonyl (C=O) groups excluding carboxylic acids is 1. The van der Waals surface area contributed by atoms with Crippen molar-refractivity contribution in [1.82, 2.24) is 5.32 Å². The summed E-state index contributed by atoms with van der Waals surface area (Å²) in [6.45, 7) is -0.266. The number of primary amides is 1. The first-order chi connectivity index (χ1) is 5.63. The summed E-state index contributed by atoms with van der Waals surface area (Å²) in [5.41, 5.74) is 4.83. The second-order valence-corrected chi connectivity index (χ2v) is 2.66. The average Bonchev–Trinajstić information content (AvgIpc) is 2.29. The molecule has 0 aromatic heterocycles. The van der Waals surface area contributed by atoms with E-state index in [1.165, 1.54) is 0 Å². The molecule has 5 N–H and O–H groups in total. The van der Waals surface area contributed by atoms with Gasteiger partial charge >= 0.3 is 6.03 Å². The first-order valence-electron chi connectivity index (χ1n) is 3.64. The molecule has 0 radical (unpaired) electrons.